The molecule has 1 N–H and O–H groups in total. The van der Waals surface area contributed by atoms with E-state index in [4.69, 9.17) is 4.42 Å². The highest BCUT2D eigenvalue weighted by Gasteiger charge is 2.07. The number of hydrogen-bond donors (Lipinski definition) is 1. The zero-order chi connectivity index (χ0) is 16.4. The number of benzene rings is 3. The second-order valence-electron chi connectivity index (χ2n) is 5.52. The molecule has 0 saturated carbocycles. The van der Waals surface area contributed by atoms with Gasteiger partial charge in [0.15, 0.2) is 5.58 Å². The lowest BCUT2D eigenvalue weighted by molar-refractivity contribution is 0.620. The third-order valence-electron chi connectivity index (χ3n) is 3.86. The van der Waals surface area contributed by atoms with E-state index in [0.717, 1.165) is 33.6 Å². The Morgan fingerprint density at radius 2 is 1.50 bits per heavy atom. The van der Waals surface area contributed by atoms with Crippen molar-refractivity contribution in [2.24, 2.45) is 0 Å². The van der Waals surface area contributed by atoms with Gasteiger partial charge in [0.1, 0.15) is 5.52 Å². The summed E-state index contributed by atoms with van der Waals surface area (Å²) < 4.78 is 5.80. The summed E-state index contributed by atoms with van der Waals surface area (Å²) in [7, 11) is 0. The van der Waals surface area contributed by atoms with Gasteiger partial charge in [-0.2, -0.15) is 0 Å². The highest BCUT2D eigenvalue weighted by Crippen LogP contribution is 2.26. The van der Waals surface area contributed by atoms with Gasteiger partial charge in [-0.25, -0.2) is 4.98 Å². The fourth-order valence-corrected chi connectivity index (χ4v) is 2.56. The molecule has 24 heavy (non-hydrogen) atoms. The summed E-state index contributed by atoms with van der Waals surface area (Å²) in [6.07, 6.45) is 1.83. The molecule has 0 bridgehead atoms. The molecule has 0 spiro atoms. The molecule has 0 aliphatic rings. The summed E-state index contributed by atoms with van der Waals surface area (Å²) in [5.41, 5.74) is 5.79. The van der Waals surface area contributed by atoms with Crippen LogP contribution in [0.3, 0.4) is 0 Å². The van der Waals surface area contributed by atoms with Crippen LogP contribution in [0.25, 0.3) is 28.6 Å². The molecule has 4 rings (SSSR count). The minimum absolute atomic E-state index is 0.637. The fourth-order valence-electron chi connectivity index (χ4n) is 2.56. The monoisotopic (exact) mass is 312 g/mol. The fraction of sp³-hybridized carbons (Fsp3) is 0. The Morgan fingerprint density at radius 3 is 2.17 bits per heavy atom. The highest BCUT2D eigenvalue weighted by molar-refractivity contribution is 5.76. The van der Waals surface area contributed by atoms with E-state index in [9.17, 15) is 0 Å². The standard InChI is InChI=1S/C21H16N2O/c1-2-15-7-11-17(12-8-15)22-18-13-9-16(10-14-18)21-23-19-5-3-4-6-20(19)24-21/h2-14,22H,1H2. The molecule has 3 aromatic carbocycles. The summed E-state index contributed by atoms with van der Waals surface area (Å²) >= 11 is 0. The number of hydrogen-bond acceptors (Lipinski definition) is 3. The zero-order valence-corrected chi connectivity index (χ0v) is 13.1. The number of para-hydroxylation sites is 2. The minimum atomic E-state index is 0.637. The maximum atomic E-state index is 5.80. The van der Waals surface area contributed by atoms with Crippen molar-refractivity contribution in [1.82, 2.24) is 4.98 Å². The first kappa shape index (κ1) is 14.3. The van der Waals surface area contributed by atoms with Gasteiger partial charge in [-0.15, -0.1) is 0 Å². The predicted molar refractivity (Wildman–Crippen MR) is 99.3 cm³/mol. The van der Waals surface area contributed by atoms with Gasteiger partial charge in [0.25, 0.3) is 0 Å². The van der Waals surface area contributed by atoms with Crippen molar-refractivity contribution in [3.05, 3.63) is 84.9 Å². The first-order valence-corrected chi connectivity index (χ1v) is 7.77. The van der Waals surface area contributed by atoms with E-state index >= 15 is 0 Å². The van der Waals surface area contributed by atoms with Crippen molar-refractivity contribution in [1.29, 1.82) is 0 Å². The van der Waals surface area contributed by atoms with Crippen molar-refractivity contribution in [3.63, 3.8) is 0 Å². The minimum Gasteiger partial charge on any atom is -0.436 e. The number of anilines is 2. The smallest absolute Gasteiger partial charge is 0.227 e. The molecule has 0 saturated heterocycles. The van der Waals surface area contributed by atoms with Gasteiger partial charge < -0.3 is 9.73 Å². The lowest BCUT2D eigenvalue weighted by Gasteiger charge is -2.07. The van der Waals surface area contributed by atoms with Crippen LogP contribution in [0.15, 0.2) is 83.8 Å². The number of nitrogens with zero attached hydrogens (tertiary/aromatic N) is 1. The average molecular weight is 312 g/mol. The van der Waals surface area contributed by atoms with Crippen LogP contribution in [0.5, 0.6) is 0 Å². The van der Waals surface area contributed by atoms with Crippen LogP contribution in [-0.2, 0) is 0 Å². The molecule has 3 nitrogen and oxygen atoms in total. The number of oxazole rings is 1. The first-order chi connectivity index (χ1) is 11.8. The van der Waals surface area contributed by atoms with Crippen LogP contribution >= 0.6 is 0 Å². The van der Waals surface area contributed by atoms with Gasteiger partial charge in [0, 0.05) is 16.9 Å². The number of fused-ring (bicyclic) bond motifs is 1. The SMILES string of the molecule is C=Cc1ccc(Nc2ccc(-c3nc4ccccc4o3)cc2)cc1. The summed E-state index contributed by atoms with van der Waals surface area (Å²) in [6, 6.07) is 24.0. The number of nitrogens with one attached hydrogen (secondary N) is 1. The van der Waals surface area contributed by atoms with Crippen LogP contribution < -0.4 is 5.32 Å². The second-order valence-corrected chi connectivity index (χ2v) is 5.52. The van der Waals surface area contributed by atoms with Crippen LogP contribution in [0, 0.1) is 0 Å². The zero-order valence-electron chi connectivity index (χ0n) is 13.1. The van der Waals surface area contributed by atoms with Crippen molar-refractivity contribution < 1.29 is 4.42 Å². The van der Waals surface area contributed by atoms with Gasteiger partial charge in [0.05, 0.1) is 0 Å². The third-order valence-corrected chi connectivity index (χ3v) is 3.86. The van der Waals surface area contributed by atoms with Crippen molar-refractivity contribution >= 4 is 28.6 Å². The molecule has 0 atom stereocenters. The lowest BCUT2D eigenvalue weighted by atomic mass is 10.2. The molecule has 0 amide bonds. The highest BCUT2D eigenvalue weighted by atomic mass is 16.3. The Morgan fingerprint density at radius 1 is 0.833 bits per heavy atom. The molecule has 0 fully saturated rings. The average Bonchev–Trinajstić information content (AvgIpc) is 3.07. The molecule has 3 heteroatoms. The van der Waals surface area contributed by atoms with Crippen LogP contribution in [0.1, 0.15) is 5.56 Å². The first-order valence-electron chi connectivity index (χ1n) is 7.77. The Balaban J connectivity index is 1.56. The molecule has 0 unspecified atom stereocenters. The molecular weight excluding hydrogens is 296 g/mol. The summed E-state index contributed by atoms with van der Waals surface area (Å²) in [6.45, 7) is 3.76. The van der Waals surface area contributed by atoms with Gasteiger partial charge in [0.2, 0.25) is 5.89 Å². The van der Waals surface area contributed by atoms with Gasteiger partial charge in [-0.1, -0.05) is 36.9 Å². The van der Waals surface area contributed by atoms with E-state index in [1.807, 2.05) is 78.9 Å². The van der Waals surface area contributed by atoms with Crippen molar-refractivity contribution in [3.8, 4) is 11.5 Å². The Bertz CT molecular complexity index is 949. The predicted octanol–water partition coefficient (Wildman–Crippen LogP) is 5.88. The van der Waals surface area contributed by atoms with E-state index < -0.39 is 0 Å². The van der Waals surface area contributed by atoms with E-state index in [-0.39, 0.29) is 0 Å². The van der Waals surface area contributed by atoms with Crippen LogP contribution in [0.2, 0.25) is 0 Å². The molecule has 0 radical (unpaired) electrons. The van der Waals surface area contributed by atoms with Crippen molar-refractivity contribution in [2.75, 3.05) is 5.32 Å². The topological polar surface area (TPSA) is 38.1 Å². The van der Waals surface area contributed by atoms with Gasteiger partial charge in [-0.3, -0.25) is 0 Å². The Labute approximate surface area is 140 Å². The molecule has 116 valence electrons. The lowest BCUT2D eigenvalue weighted by Crippen LogP contribution is -1.90. The summed E-state index contributed by atoms with van der Waals surface area (Å²) in [5.74, 6) is 0.637. The van der Waals surface area contributed by atoms with Gasteiger partial charge >= 0.3 is 0 Å². The number of rotatable bonds is 4. The van der Waals surface area contributed by atoms with Crippen molar-refractivity contribution in [2.45, 2.75) is 0 Å². The second kappa shape index (κ2) is 6.05. The molecular formula is C21H16N2O. The van der Waals surface area contributed by atoms with E-state index in [1.54, 1.807) is 0 Å². The van der Waals surface area contributed by atoms with Gasteiger partial charge in [-0.05, 0) is 54.1 Å². The maximum Gasteiger partial charge on any atom is 0.227 e. The molecule has 0 aliphatic heterocycles. The summed E-state index contributed by atoms with van der Waals surface area (Å²) in [5, 5.41) is 3.38. The molecule has 1 heterocycles. The largest absolute Gasteiger partial charge is 0.436 e. The number of aromatic nitrogens is 1. The summed E-state index contributed by atoms with van der Waals surface area (Å²) in [4.78, 5) is 4.52. The normalized spacial score (nSPS) is 10.7. The Kier molecular flexibility index (Phi) is 3.60. The quantitative estimate of drug-likeness (QED) is 0.511. The molecule has 4 aromatic rings. The maximum absolute atomic E-state index is 5.80. The van der Waals surface area contributed by atoms with E-state index in [2.05, 4.69) is 16.9 Å². The van der Waals surface area contributed by atoms with Crippen LogP contribution in [-0.4, -0.2) is 4.98 Å². The molecule has 0 aliphatic carbocycles. The van der Waals surface area contributed by atoms with E-state index in [1.165, 1.54) is 0 Å². The Hall–Kier alpha value is -3.33. The van der Waals surface area contributed by atoms with Crippen LogP contribution in [0.4, 0.5) is 11.4 Å². The molecule has 1 aromatic heterocycles. The van der Waals surface area contributed by atoms with E-state index in [0.29, 0.717) is 5.89 Å². The third kappa shape index (κ3) is 2.79.